The molecule has 0 spiro atoms. The highest BCUT2D eigenvalue weighted by Gasteiger charge is 2.15. The Morgan fingerprint density at radius 2 is 1.77 bits per heavy atom. The topological polar surface area (TPSA) is 41.1 Å². The van der Waals surface area contributed by atoms with Gasteiger partial charge >= 0.3 is 0 Å². The third-order valence-corrected chi connectivity index (χ3v) is 4.66. The highest BCUT2D eigenvalue weighted by molar-refractivity contribution is 6.04. The molecule has 0 aromatic heterocycles. The summed E-state index contributed by atoms with van der Waals surface area (Å²) in [5.41, 5.74) is 6.86. The Kier molecular flexibility index (Phi) is 3.34. The third kappa shape index (κ3) is 2.47. The smallest absolute Gasteiger partial charge is 0.255 e. The van der Waals surface area contributed by atoms with Crippen LogP contribution < -0.4 is 10.6 Å². The molecular formula is C19H20N2O. The molecule has 0 bridgehead atoms. The van der Waals surface area contributed by atoms with Gasteiger partial charge in [-0.1, -0.05) is 6.07 Å². The molecule has 112 valence electrons. The molecule has 0 atom stereocenters. The normalized spacial score (nSPS) is 15.6. The Balaban J connectivity index is 1.54. The molecule has 0 unspecified atom stereocenters. The van der Waals surface area contributed by atoms with Crippen molar-refractivity contribution in [2.24, 2.45) is 0 Å². The van der Waals surface area contributed by atoms with Crippen molar-refractivity contribution in [2.75, 3.05) is 17.2 Å². The fraction of sp³-hybridized carbons (Fsp3) is 0.316. The van der Waals surface area contributed by atoms with E-state index in [2.05, 4.69) is 34.9 Å². The number of hydrogen-bond acceptors (Lipinski definition) is 2. The highest BCUT2D eigenvalue weighted by atomic mass is 16.1. The zero-order valence-corrected chi connectivity index (χ0v) is 12.6. The van der Waals surface area contributed by atoms with Crippen LogP contribution in [0.3, 0.4) is 0 Å². The van der Waals surface area contributed by atoms with Crippen molar-refractivity contribution in [3.8, 4) is 0 Å². The molecule has 0 saturated carbocycles. The average Bonchev–Trinajstić information content (AvgIpc) is 3.02. The maximum Gasteiger partial charge on any atom is 0.255 e. The number of benzene rings is 2. The number of carbonyl (C=O) groups excluding carboxylic acids is 1. The largest absolute Gasteiger partial charge is 0.385 e. The van der Waals surface area contributed by atoms with Crippen molar-refractivity contribution >= 4 is 17.3 Å². The second-order valence-electron chi connectivity index (χ2n) is 6.19. The molecule has 2 aliphatic rings. The number of aryl methyl sites for hydroxylation is 3. The zero-order chi connectivity index (χ0) is 14.9. The van der Waals surface area contributed by atoms with Crippen LogP contribution in [0.25, 0.3) is 0 Å². The van der Waals surface area contributed by atoms with E-state index in [-0.39, 0.29) is 5.91 Å². The van der Waals surface area contributed by atoms with E-state index in [1.54, 1.807) is 0 Å². The van der Waals surface area contributed by atoms with Crippen molar-refractivity contribution in [1.29, 1.82) is 0 Å². The van der Waals surface area contributed by atoms with E-state index in [1.165, 1.54) is 28.8 Å². The predicted molar refractivity (Wildman–Crippen MR) is 89.7 cm³/mol. The molecule has 2 aromatic carbocycles. The first-order valence-electron chi connectivity index (χ1n) is 8.09. The fourth-order valence-electron chi connectivity index (χ4n) is 3.47. The summed E-state index contributed by atoms with van der Waals surface area (Å²) in [4.78, 5) is 12.5. The number of fused-ring (bicyclic) bond motifs is 2. The quantitative estimate of drug-likeness (QED) is 0.884. The Morgan fingerprint density at radius 1 is 0.909 bits per heavy atom. The van der Waals surface area contributed by atoms with Crippen LogP contribution >= 0.6 is 0 Å². The number of nitrogens with one attached hydrogen (secondary N) is 2. The predicted octanol–water partition coefficient (Wildman–Crippen LogP) is 3.79. The summed E-state index contributed by atoms with van der Waals surface area (Å²) < 4.78 is 0. The lowest BCUT2D eigenvalue weighted by molar-refractivity contribution is 0.102. The molecule has 4 rings (SSSR count). The molecule has 2 aromatic rings. The van der Waals surface area contributed by atoms with Gasteiger partial charge in [0.25, 0.3) is 5.91 Å². The van der Waals surface area contributed by atoms with E-state index in [0.717, 1.165) is 43.5 Å². The van der Waals surface area contributed by atoms with Crippen LogP contribution in [0.4, 0.5) is 11.4 Å². The lowest BCUT2D eigenvalue weighted by Crippen LogP contribution is -2.15. The van der Waals surface area contributed by atoms with Gasteiger partial charge in [0.05, 0.1) is 0 Å². The van der Waals surface area contributed by atoms with E-state index in [4.69, 9.17) is 0 Å². The molecule has 1 heterocycles. The van der Waals surface area contributed by atoms with Crippen molar-refractivity contribution in [2.45, 2.75) is 32.1 Å². The molecule has 22 heavy (non-hydrogen) atoms. The number of carbonyl (C=O) groups is 1. The minimum atomic E-state index is -0.0154. The Morgan fingerprint density at radius 3 is 2.73 bits per heavy atom. The summed E-state index contributed by atoms with van der Waals surface area (Å²) in [6, 6.07) is 12.2. The van der Waals surface area contributed by atoms with Gasteiger partial charge in [0.15, 0.2) is 0 Å². The van der Waals surface area contributed by atoms with Gasteiger partial charge in [-0.2, -0.15) is 0 Å². The molecule has 3 nitrogen and oxygen atoms in total. The molecule has 0 saturated heterocycles. The lowest BCUT2D eigenvalue weighted by Gasteiger charge is -2.18. The van der Waals surface area contributed by atoms with Crippen LogP contribution in [0.5, 0.6) is 0 Å². The van der Waals surface area contributed by atoms with Crippen LogP contribution in [0.2, 0.25) is 0 Å². The molecule has 3 heteroatoms. The number of anilines is 2. The lowest BCUT2D eigenvalue weighted by atomic mass is 10.0. The van der Waals surface area contributed by atoms with Crippen molar-refractivity contribution in [3.63, 3.8) is 0 Å². The van der Waals surface area contributed by atoms with E-state index in [1.807, 2.05) is 12.1 Å². The Hall–Kier alpha value is -2.29. The Bertz CT molecular complexity index is 736. The van der Waals surface area contributed by atoms with Crippen molar-refractivity contribution < 1.29 is 4.79 Å². The first kappa shape index (κ1) is 13.4. The molecular weight excluding hydrogens is 272 g/mol. The first-order chi connectivity index (χ1) is 10.8. The second-order valence-corrected chi connectivity index (χ2v) is 6.19. The summed E-state index contributed by atoms with van der Waals surface area (Å²) in [5, 5.41) is 6.42. The van der Waals surface area contributed by atoms with Gasteiger partial charge < -0.3 is 10.6 Å². The minimum Gasteiger partial charge on any atom is -0.385 e. The molecule has 0 fully saturated rings. The summed E-state index contributed by atoms with van der Waals surface area (Å²) in [6.07, 6.45) is 5.67. The van der Waals surface area contributed by atoms with Crippen molar-refractivity contribution in [3.05, 3.63) is 58.7 Å². The van der Waals surface area contributed by atoms with E-state index >= 15 is 0 Å². The summed E-state index contributed by atoms with van der Waals surface area (Å²) in [6.45, 7) is 1.04. The van der Waals surface area contributed by atoms with E-state index in [9.17, 15) is 4.79 Å². The summed E-state index contributed by atoms with van der Waals surface area (Å²) in [5.74, 6) is -0.0154. The van der Waals surface area contributed by atoms with Gasteiger partial charge in [-0.05, 0) is 79.1 Å². The number of hydrogen-bond donors (Lipinski definition) is 2. The van der Waals surface area contributed by atoms with Gasteiger partial charge in [-0.15, -0.1) is 0 Å². The molecule has 2 N–H and O–H groups in total. The molecule has 0 radical (unpaired) electrons. The summed E-state index contributed by atoms with van der Waals surface area (Å²) >= 11 is 0. The number of amides is 1. The van der Waals surface area contributed by atoms with Crippen LogP contribution in [0.15, 0.2) is 36.4 Å². The maximum atomic E-state index is 12.5. The van der Waals surface area contributed by atoms with E-state index in [0.29, 0.717) is 0 Å². The average molecular weight is 292 g/mol. The molecule has 1 aliphatic carbocycles. The van der Waals surface area contributed by atoms with Crippen LogP contribution in [-0.2, 0) is 19.3 Å². The molecule has 1 aliphatic heterocycles. The minimum absolute atomic E-state index is 0.0154. The van der Waals surface area contributed by atoms with Gasteiger partial charge in [-0.3, -0.25) is 4.79 Å². The number of rotatable bonds is 2. The van der Waals surface area contributed by atoms with Crippen molar-refractivity contribution in [1.82, 2.24) is 0 Å². The van der Waals surface area contributed by atoms with Gasteiger partial charge in [-0.25, -0.2) is 0 Å². The van der Waals surface area contributed by atoms with Gasteiger partial charge in [0, 0.05) is 23.5 Å². The zero-order valence-electron chi connectivity index (χ0n) is 12.6. The fourth-order valence-corrected chi connectivity index (χ4v) is 3.47. The van der Waals surface area contributed by atoms with Gasteiger partial charge in [0.1, 0.15) is 0 Å². The second kappa shape index (κ2) is 5.48. The SMILES string of the molecule is O=C(Nc1ccc2c(c1)CCCN2)c1ccc2c(c1)CCC2. The standard InChI is InChI=1S/C19H20N2O/c22-19(16-7-6-13-3-1-4-14(13)11-16)21-17-8-9-18-15(12-17)5-2-10-20-18/h6-9,11-12,20H,1-5,10H2,(H,21,22). The van der Waals surface area contributed by atoms with Crippen LogP contribution in [-0.4, -0.2) is 12.5 Å². The van der Waals surface area contributed by atoms with Crippen LogP contribution in [0, 0.1) is 0 Å². The van der Waals surface area contributed by atoms with Crippen LogP contribution in [0.1, 0.15) is 39.9 Å². The van der Waals surface area contributed by atoms with Gasteiger partial charge in [0.2, 0.25) is 0 Å². The maximum absolute atomic E-state index is 12.5. The monoisotopic (exact) mass is 292 g/mol. The first-order valence-corrected chi connectivity index (χ1v) is 8.09. The highest BCUT2D eigenvalue weighted by Crippen LogP contribution is 2.26. The Labute approximate surface area is 130 Å². The van der Waals surface area contributed by atoms with E-state index < -0.39 is 0 Å². The summed E-state index contributed by atoms with van der Waals surface area (Å²) in [7, 11) is 0. The third-order valence-electron chi connectivity index (χ3n) is 4.66. The molecule has 1 amide bonds.